The highest BCUT2D eigenvalue weighted by atomic mass is 16.2. The maximum absolute atomic E-state index is 11.2. The van der Waals surface area contributed by atoms with Crippen molar-refractivity contribution in [2.45, 2.75) is 32.1 Å². The van der Waals surface area contributed by atoms with Crippen molar-refractivity contribution in [1.29, 1.82) is 0 Å². The van der Waals surface area contributed by atoms with E-state index >= 15 is 0 Å². The van der Waals surface area contributed by atoms with Crippen molar-refractivity contribution < 1.29 is 4.79 Å². The molecular formula is C10H17N2O. The zero-order valence-corrected chi connectivity index (χ0v) is 8.04. The summed E-state index contributed by atoms with van der Waals surface area (Å²) in [5.41, 5.74) is 0. The predicted octanol–water partition coefficient (Wildman–Crippen LogP) is 1.61. The average molecular weight is 181 g/mol. The smallest absolute Gasteiger partial charge is 0.321 e. The summed E-state index contributed by atoms with van der Waals surface area (Å²) in [5, 5.41) is 3.87. The molecule has 0 aromatic heterocycles. The number of amides is 2. The number of carbonyl (C=O) groups excluding carboxylic acids is 1. The van der Waals surface area contributed by atoms with E-state index in [0.29, 0.717) is 6.54 Å². The molecule has 73 valence electrons. The topological polar surface area (TPSA) is 34.4 Å². The molecule has 1 saturated heterocycles. The third-order valence-electron chi connectivity index (χ3n) is 3.09. The van der Waals surface area contributed by atoms with Gasteiger partial charge in [0.25, 0.3) is 0 Å². The van der Waals surface area contributed by atoms with Gasteiger partial charge < -0.3 is 4.90 Å². The molecule has 0 unspecified atom stereocenters. The van der Waals surface area contributed by atoms with Crippen LogP contribution in [0.2, 0.25) is 0 Å². The SMILES string of the molecule is O=C1[N]CCN1CC1CCCCC1. The van der Waals surface area contributed by atoms with Gasteiger partial charge in [0.1, 0.15) is 0 Å². The molecule has 2 fully saturated rings. The lowest BCUT2D eigenvalue weighted by Crippen LogP contribution is -2.32. The summed E-state index contributed by atoms with van der Waals surface area (Å²) >= 11 is 0. The third-order valence-corrected chi connectivity index (χ3v) is 3.09. The van der Waals surface area contributed by atoms with Crippen molar-refractivity contribution in [3.05, 3.63) is 0 Å². The van der Waals surface area contributed by atoms with Crippen molar-refractivity contribution in [3.8, 4) is 0 Å². The Kier molecular flexibility index (Phi) is 2.71. The lowest BCUT2D eigenvalue weighted by molar-refractivity contribution is 0.199. The summed E-state index contributed by atoms with van der Waals surface area (Å²) < 4.78 is 0. The second kappa shape index (κ2) is 3.99. The van der Waals surface area contributed by atoms with E-state index in [1.165, 1.54) is 32.1 Å². The largest absolute Gasteiger partial charge is 0.339 e. The van der Waals surface area contributed by atoms with E-state index in [0.717, 1.165) is 19.0 Å². The highest BCUT2D eigenvalue weighted by Gasteiger charge is 2.25. The second-order valence-electron chi connectivity index (χ2n) is 4.11. The maximum Gasteiger partial charge on any atom is 0.339 e. The molecule has 1 aliphatic heterocycles. The first-order chi connectivity index (χ1) is 6.36. The van der Waals surface area contributed by atoms with E-state index < -0.39 is 0 Å². The quantitative estimate of drug-likeness (QED) is 0.637. The Morgan fingerprint density at radius 2 is 2.08 bits per heavy atom. The molecule has 0 spiro atoms. The second-order valence-corrected chi connectivity index (χ2v) is 4.11. The van der Waals surface area contributed by atoms with Crippen LogP contribution in [0.1, 0.15) is 32.1 Å². The summed E-state index contributed by atoms with van der Waals surface area (Å²) in [7, 11) is 0. The van der Waals surface area contributed by atoms with Crippen molar-refractivity contribution in [1.82, 2.24) is 10.2 Å². The number of hydrogen-bond acceptors (Lipinski definition) is 1. The van der Waals surface area contributed by atoms with Crippen LogP contribution < -0.4 is 5.32 Å². The van der Waals surface area contributed by atoms with Gasteiger partial charge in [0, 0.05) is 13.1 Å². The fraction of sp³-hybridized carbons (Fsp3) is 0.900. The first-order valence-corrected chi connectivity index (χ1v) is 5.32. The molecule has 3 nitrogen and oxygen atoms in total. The third kappa shape index (κ3) is 2.14. The lowest BCUT2D eigenvalue weighted by atomic mass is 9.89. The number of nitrogens with zero attached hydrogens (tertiary/aromatic N) is 2. The molecule has 0 aromatic carbocycles. The normalized spacial score (nSPS) is 24.9. The van der Waals surface area contributed by atoms with E-state index in [2.05, 4.69) is 5.32 Å². The summed E-state index contributed by atoms with van der Waals surface area (Å²) in [5.74, 6) is 0.756. The first kappa shape index (κ1) is 8.85. The van der Waals surface area contributed by atoms with Crippen molar-refractivity contribution in [2.24, 2.45) is 5.92 Å². The summed E-state index contributed by atoms with van der Waals surface area (Å²) in [4.78, 5) is 13.1. The molecular weight excluding hydrogens is 164 g/mol. The molecule has 1 radical (unpaired) electrons. The molecule has 2 amide bonds. The maximum atomic E-state index is 11.2. The van der Waals surface area contributed by atoms with Gasteiger partial charge in [0.2, 0.25) is 0 Å². The van der Waals surface area contributed by atoms with Crippen LogP contribution in [0.5, 0.6) is 0 Å². The van der Waals surface area contributed by atoms with Crippen molar-refractivity contribution >= 4 is 6.03 Å². The van der Waals surface area contributed by atoms with E-state index in [9.17, 15) is 4.79 Å². The molecule has 0 bridgehead atoms. The van der Waals surface area contributed by atoms with Gasteiger partial charge in [0.15, 0.2) is 0 Å². The van der Waals surface area contributed by atoms with Crippen LogP contribution in [-0.2, 0) is 0 Å². The molecule has 2 rings (SSSR count). The zero-order chi connectivity index (χ0) is 9.10. The number of urea groups is 1. The van der Waals surface area contributed by atoms with Crippen LogP contribution in [0, 0.1) is 5.92 Å². The monoisotopic (exact) mass is 181 g/mol. The van der Waals surface area contributed by atoms with Crippen molar-refractivity contribution in [2.75, 3.05) is 19.6 Å². The van der Waals surface area contributed by atoms with Gasteiger partial charge >= 0.3 is 6.03 Å². The molecule has 1 aliphatic carbocycles. The van der Waals surface area contributed by atoms with Crippen LogP contribution in [0.4, 0.5) is 4.79 Å². The number of hydrogen-bond donors (Lipinski definition) is 0. The number of carbonyl (C=O) groups is 1. The standard InChI is InChI=1S/C10H17N2O/c13-10-11-6-7-12(10)8-9-4-2-1-3-5-9/h9H,1-8H2. The summed E-state index contributed by atoms with van der Waals surface area (Å²) in [6.45, 7) is 2.53. The highest BCUT2D eigenvalue weighted by Crippen LogP contribution is 2.24. The minimum absolute atomic E-state index is 0.0190. The minimum Gasteiger partial charge on any atom is -0.321 e. The van der Waals surface area contributed by atoms with Crippen LogP contribution in [0.25, 0.3) is 0 Å². The Morgan fingerprint density at radius 1 is 1.31 bits per heavy atom. The fourth-order valence-corrected chi connectivity index (χ4v) is 2.31. The predicted molar refractivity (Wildman–Crippen MR) is 50.5 cm³/mol. The van der Waals surface area contributed by atoms with Gasteiger partial charge in [-0.15, -0.1) is 0 Å². The first-order valence-electron chi connectivity index (χ1n) is 5.32. The van der Waals surface area contributed by atoms with Crippen LogP contribution in [-0.4, -0.2) is 30.6 Å². The van der Waals surface area contributed by atoms with E-state index in [4.69, 9.17) is 0 Å². The number of rotatable bonds is 2. The minimum atomic E-state index is 0.0190. The molecule has 0 aromatic rings. The Morgan fingerprint density at radius 3 is 2.69 bits per heavy atom. The Bertz CT molecular complexity index is 187. The average Bonchev–Trinajstić information content (AvgIpc) is 2.54. The Labute approximate surface area is 79.5 Å². The van der Waals surface area contributed by atoms with E-state index in [1.54, 1.807) is 0 Å². The molecule has 0 atom stereocenters. The van der Waals surface area contributed by atoms with Gasteiger partial charge in [-0.25, -0.2) is 10.1 Å². The van der Waals surface area contributed by atoms with Crippen LogP contribution in [0.15, 0.2) is 0 Å². The Hall–Kier alpha value is -0.730. The lowest BCUT2D eigenvalue weighted by Gasteiger charge is -2.25. The fourth-order valence-electron chi connectivity index (χ4n) is 2.31. The van der Waals surface area contributed by atoms with Gasteiger partial charge in [-0.1, -0.05) is 19.3 Å². The van der Waals surface area contributed by atoms with E-state index in [-0.39, 0.29) is 6.03 Å². The van der Waals surface area contributed by atoms with Crippen LogP contribution in [0.3, 0.4) is 0 Å². The van der Waals surface area contributed by atoms with Gasteiger partial charge in [-0.05, 0) is 18.8 Å². The zero-order valence-electron chi connectivity index (χ0n) is 8.04. The molecule has 3 heteroatoms. The molecule has 0 N–H and O–H groups in total. The molecule has 1 heterocycles. The molecule has 2 aliphatic rings. The highest BCUT2D eigenvalue weighted by molar-refractivity contribution is 5.75. The van der Waals surface area contributed by atoms with Gasteiger partial charge in [-0.3, -0.25) is 0 Å². The summed E-state index contributed by atoms with van der Waals surface area (Å²) in [6.07, 6.45) is 6.70. The Balaban J connectivity index is 1.79. The van der Waals surface area contributed by atoms with E-state index in [1.807, 2.05) is 4.90 Å². The van der Waals surface area contributed by atoms with Gasteiger partial charge in [0.05, 0.1) is 6.54 Å². The molecule has 1 saturated carbocycles. The molecule has 13 heavy (non-hydrogen) atoms. The van der Waals surface area contributed by atoms with Crippen molar-refractivity contribution in [3.63, 3.8) is 0 Å². The van der Waals surface area contributed by atoms with Crippen LogP contribution >= 0.6 is 0 Å². The summed E-state index contributed by atoms with van der Waals surface area (Å²) in [6, 6.07) is 0.0190. The van der Waals surface area contributed by atoms with Gasteiger partial charge in [-0.2, -0.15) is 0 Å².